The van der Waals surface area contributed by atoms with Crippen molar-refractivity contribution in [2.75, 3.05) is 0 Å². The summed E-state index contributed by atoms with van der Waals surface area (Å²) in [7, 11) is 1.80. The van der Waals surface area contributed by atoms with Crippen molar-refractivity contribution in [1.82, 2.24) is 9.78 Å². The Morgan fingerprint density at radius 2 is 2.06 bits per heavy atom. The van der Waals surface area contributed by atoms with E-state index >= 15 is 0 Å². The summed E-state index contributed by atoms with van der Waals surface area (Å²) in [4.78, 5) is 11.9. The van der Waals surface area contributed by atoms with Gasteiger partial charge < -0.3 is 9.84 Å². The minimum Gasteiger partial charge on any atom is -0.460 e. The van der Waals surface area contributed by atoms with Crippen LogP contribution in [0.15, 0.2) is 6.20 Å². The number of hydrogen-bond acceptors (Lipinski definition) is 4. The lowest BCUT2D eigenvalue weighted by Gasteiger charge is -2.24. The van der Waals surface area contributed by atoms with E-state index in [1.54, 1.807) is 45.6 Å². The second-order valence-electron chi connectivity index (χ2n) is 5.58. The number of ether oxygens (including phenoxy) is 1. The van der Waals surface area contributed by atoms with Gasteiger partial charge in [-0.25, -0.2) is 0 Å². The number of aliphatic hydroxyl groups excluding tert-OH is 1. The number of aryl methyl sites for hydroxylation is 1. The number of aliphatic hydroxyl groups is 1. The van der Waals surface area contributed by atoms with E-state index in [4.69, 9.17) is 4.74 Å². The standard InChI is InChI=1S/C13H22N2O3/c1-8(12(17)18-13(3,4)5)11(16)10-7-14-15(6)9(10)2/h7-8,11,16H,1-6H3. The number of carbonyl (C=O) groups excluding carboxylic acids is 1. The van der Waals surface area contributed by atoms with Gasteiger partial charge in [0.1, 0.15) is 5.60 Å². The van der Waals surface area contributed by atoms with Gasteiger partial charge in [-0.15, -0.1) is 0 Å². The van der Waals surface area contributed by atoms with Gasteiger partial charge in [0, 0.05) is 18.3 Å². The van der Waals surface area contributed by atoms with Crippen molar-refractivity contribution in [1.29, 1.82) is 0 Å². The van der Waals surface area contributed by atoms with Crippen LogP contribution >= 0.6 is 0 Å². The maximum Gasteiger partial charge on any atom is 0.312 e. The molecule has 0 aliphatic heterocycles. The summed E-state index contributed by atoms with van der Waals surface area (Å²) in [6.07, 6.45) is 0.689. The molecule has 0 amide bonds. The van der Waals surface area contributed by atoms with Gasteiger partial charge >= 0.3 is 5.97 Å². The lowest BCUT2D eigenvalue weighted by molar-refractivity contribution is -0.163. The van der Waals surface area contributed by atoms with Crippen LogP contribution in [0.5, 0.6) is 0 Å². The van der Waals surface area contributed by atoms with Crippen molar-refractivity contribution in [3.05, 3.63) is 17.5 Å². The van der Waals surface area contributed by atoms with Crippen LogP contribution in [0.3, 0.4) is 0 Å². The molecule has 1 aromatic rings. The fourth-order valence-corrected chi connectivity index (χ4v) is 1.60. The molecule has 2 atom stereocenters. The van der Waals surface area contributed by atoms with Gasteiger partial charge in [-0.1, -0.05) is 0 Å². The zero-order valence-corrected chi connectivity index (χ0v) is 11.9. The Bertz CT molecular complexity index is 432. The molecule has 1 N–H and O–H groups in total. The Labute approximate surface area is 108 Å². The Morgan fingerprint density at radius 3 is 2.44 bits per heavy atom. The first kappa shape index (κ1) is 14.7. The van der Waals surface area contributed by atoms with Gasteiger partial charge in [0.25, 0.3) is 0 Å². The topological polar surface area (TPSA) is 64.3 Å². The average Bonchev–Trinajstić information content (AvgIpc) is 2.55. The predicted molar refractivity (Wildman–Crippen MR) is 67.9 cm³/mol. The highest BCUT2D eigenvalue weighted by molar-refractivity contribution is 5.73. The molecule has 5 nitrogen and oxygen atoms in total. The van der Waals surface area contributed by atoms with Crippen molar-refractivity contribution in [3.8, 4) is 0 Å². The third-order valence-electron chi connectivity index (χ3n) is 2.84. The Kier molecular flexibility index (Phi) is 4.16. The number of carbonyl (C=O) groups is 1. The molecular weight excluding hydrogens is 232 g/mol. The SMILES string of the molecule is Cc1c(C(O)C(C)C(=O)OC(C)(C)C)cnn1C. The maximum atomic E-state index is 11.9. The first-order valence-corrected chi connectivity index (χ1v) is 6.03. The van der Waals surface area contributed by atoms with Gasteiger partial charge in [-0.2, -0.15) is 5.10 Å². The third-order valence-corrected chi connectivity index (χ3v) is 2.84. The Hall–Kier alpha value is -1.36. The van der Waals surface area contributed by atoms with E-state index in [0.717, 1.165) is 5.69 Å². The lowest BCUT2D eigenvalue weighted by atomic mass is 9.98. The summed E-state index contributed by atoms with van der Waals surface area (Å²) in [6, 6.07) is 0. The van der Waals surface area contributed by atoms with Crippen LogP contribution in [0.4, 0.5) is 0 Å². The monoisotopic (exact) mass is 254 g/mol. The summed E-state index contributed by atoms with van der Waals surface area (Å²) in [6.45, 7) is 8.93. The summed E-state index contributed by atoms with van der Waals surface area (Å²) in [5.41, 5.74) is 0.962. The van der Waals surface area contributed by atoms with E-state index in [1.165, 1.54) is 0 Å². The molecule has 18 heavy (non-hydrogen) atoms. The fraction of sp³-hybridized carbons (Fsp3) is 0.692. The van der Waals surface area contributed by atoms with Crippen molar-refractivity contribution in [2.45, 2.75) is 46.3 Å². The molecule has 1 heterocycles. The number of hydrogen-bond donors (Lipinski definition) is 1. The van der Waals surface area contributed by atoms with Crippen LogP contribution in [-0.4, -0.2) is 26.5 Å². The molecule has 5 heteroatoms. The molecule has 0 bridgehead atoms. The van der Waals surface area contributed by atoms with E-state index < -0.39 is 23.6 Å². The fourth-order valence-electron chi connectivity index (χ4n) is 1.60. The zero-order valence-electron chi connectivity index (χ0n) is 11.9. The summed E-state index contributed by atoms with van der Waals surface area (Å²) in [5, 5.41) is 14.3. The van der Waals surface area contributed by atoms with Gasteiger partial charge in [-0.05, 0) is 34.6 Å². The summed E-state index contributed by atoms with van der Waals surface area (Å²) >= 11 is 0. The van der Waals surface area contributed by atoms with Crippen molar-refractivity contribution >= 4 is 5.97 Å². The minimum atomic E-state index is -0.895. The largest absolute Gasteiger partial charge is 0.460 e. The Morgan fingerprint density at radius 1 is 1.50 bits per heavy atom. The van der Waals surface area contributed by atoms with Gasteiger partial charge in [0.15, 0.2) is 0 Å². The molecule has 1 aromatic heterocycles. The average molecular weight is 254 g/mol. The molecule has 0 saturated carbocycles. The minimum absolute atomic E-state index is 0.404. The number of esters is 1. The van der Waals surface area contributed by atoms with E-state index in [9.17, 15) is 9.90 Å². The second kappa shape index (κ2) is 5.10. The number of rotatable bonds is 3. The van der Waals surface area contributed by atoms with Gasteiger partial charge in [0.2, 0.25) is 0 Å². The van der Waals surface area contributed by atoms with Gasteiger partial charge in [0.05, 0.1) is 18.2 Å². The molecule has 2 unspecified atom stereocenters. The van der Waals surface area contributed by atoms with Gasteiger partial charge in [-0.3, -0.25) is 9.48 Å². The molecule has 0 spiro atoms. The Balaban J connectivity index is 2.81. The smallest absolute Gasteiger partial charge is 0.312 e. The van der Waals surface area contributed by atoms with Crippen LogP contribution in [0.2, 0.25) is 0 Å². The third kappa shape index (κ3) is 3.32. The van der Waals surface area contributed by atoms with Crippen LogP contribution in [0.1, 0.15) is 45.1 Å². The zero-order chi connectivity index (χ0) is 14.1. The second-order valence-corrected chi connectivity index (χ2v) is 5.58. The quantitative estimate of drug-likeness (QED) is 0.834. The molecule has 0 fully saturated rings. The van der Waals surface area contributed by atoms with Crippen LogP contribution < -0.4 is 0 Å². The maximum absolute atomic E-state index is 11.9. The molecule has 0 aromatic carbocycles. The van der Waals surface area contributed by atoms with Crippen molar-refractivity contribution < 1.29 is 14.6 Å². The highest BCUT2D eigenvalue weighted by Gasteiger charge is 2.30. The normalized spacial score (nSPS) is 15.3. The molecule has 102 valence electrons. The van der Waals surface area contributed by atoms with Crippen LogP contribution in [-0.2, 0) is 16.6 Å². The van der Waals surface area contributed by atoms with Crippen LogP contribution in [0, 0.1) is 12.8 Å². The summed E-state index contributed by atoms with van der Waals surface area (Å²) < 4.78 is 6.93. The summed E-state index contributed by atoms with van der Waals surface area (Å²) in [5.74, 6) is -1.02. The van der Waals surface area contributed by atoms with E-state index in [1.807, 2.05) is 6.92 Å². The van der Waals surface area contributed by atoms with Crippen molar-refractivity contribution in [2.24, 2.45) is 13.0 Å². The molecule has 0 saturated heterocycles. The molecule has 0 aliphatic carbocycles. The molecular formula is C13H22N2O3. The van der Waals surface area contributed by atoms with E-state index in [-0.39, 0.29) is 0 Å². The van der Waals surface area contributed by atoms with E-state index in [2.05, 4.69) is 5.10 Å². The lowest BCUT2D eigenvalue weighted by Crippen LogP contribution is -2.30. The molecule has 1 rings (SSSR count). The van der Waals surface area contributed by atoms with Crippen LogP contribution in [0.25, 0.3) is 0 Å². The number of aromatic nitrogens is 2. The van der Waals surface area contributed by atoms with Crippen molar-refractivity contribution in [3.63, 3.8) is 0 Å². The van der Waals surface area contributed by atoms with E-state index in [0.29, 0.717) is 5.56 Å². The molecule has 0 aliphatic rings. The molecule has 0 radical (unpaired) electrons. The predicted octanol–water partition coefficient (Wildman–Crippen LogP) is 1.74. The highest BCUT2D eigenvalue weighted by Crippen LogP contribution is 2.26. The number of nitrogens with zero attached hydrogens (tertiary/aromatic N) is 2. The highest BCUT2D eigenvalue weighted by atomic mass is 16.6. The first-order valence-electron chi connectivity index (χ1n) is 6.03. The first-order chi connectivity index (χ1) is 8.13.